The molecule has 0 aromatic carbocycles. The van der Waals surface area contributed by atoms with Crippen LogP contribution < -0.4 is 0 Å². The topological polar surface area (TPSA) is 56.0 Å². The Morgan fingerprint density at radius 1 is 1.17 bits per heavy atom. The third-order valence-electron chi connectivity index (χ3n) is 3.53. The fraction of sp³-hybridized carbons (Fsp3) is 0.286. The molecule has 10 heteroatoms. The Bertz CT molecular complexity index is 922. The van der Waals surface area contributed by atoms with Crippen LogP contribution in [0.15, 0.2) is 34.6 Å². The standard InChI is InChI=1S/C14H9ClF3N5S/c15-9-5-11(20-12(19-9)7-1-2-7)24-13-22-21-10-4-3-8(6-23(10)13)14(16,17)18/h3-7H,1-2H2. The van der Waals surface area contributed by atoms with Gasteiger partial charge in [-0.1, -0.05) is 11.6 Å². The van der Waals surface area contributed by atoms with Gasteiger partial charge in [-0.2, -0.15) is 13.2 Å². The van der Waals surface area contributed by atoms with Crippen LogP contribution in [0, 0.1) is 0 Å². The van der Waals surface area contributed by atoms with Crippen LogP contribution in [-0.2, 0) is 6.18 Å². The smallest absolute Gasteiger partial charge is 0.277 e. The molecular weight excluding hydrogens is 363 g/mol. The van der Waals surface area contributed by atoms with Crippen LogP contribution in [0.2, 0.25) is 5.15 Å². The number of aromatic nitrogens is 5. The SMILES string of the molecule is FC(F)(F)c1ccc2nnc(Sc3cc(Cl)nc(C4CC4)n3)n2c1. The van der Waals surface area contributed by atoms with Gasteiger partial charge in [-0.15, -0.1) is 10.2 Å². The lowest BCUT2D eigenvalue weighted by atomic mass is 10.3. The van der Waals surface area contributed by atoms with Crippen molar-refractivity contribution >= 4 is 29.0 Å². The van der Waals surface area contributed by atoms with Crippen molar-refractivity contribution in [2.45, 2.75) is 35.1 Å². The molecule has 1 aliphatic carbocycles. The first kappa shape index (κ1) is 15.6. The zero-order chi connectivity index (χ0) is 16.9. The summed E-state index contributed by atoms with van der Waals surface area (Å²) in [6.07, 6.45) is -1.42. The highest BCUT2D eigenvalue weighted by Gasteiger charge is 2.31. The molecule has 0 atom stereocenters. The summed E-state index contributed by atoms with van der Waals surface area (Å²) >= 11 is 7.11. The van der Waals surface area contributed by atoms with Crippen LogP contribution in [0.25, 0.3) is 5.65 Å². The van der Waals surface area contributed by atoms with Crippen LogP contribution in [0.5, 0.6) is 0 Å². The van der Waals surface area contributed by atoms with Gasteiger partial charge in [-0.25, -0.2) is 9.97 Å². The second-order valence-electron chi connectivity index (χ2n) is 5.39. The summed E-state index contributed by atoms with van der Waals surface area (Å²) in [5, 5.41) is 8.94. The normalized spacial score (nSPS) is 15.2. The summed E-state index contributed by atoms with van der Waals surface area (Å²) in [4.78, 5) is 8.60. The molecule has 3 aromatic heterocycles. The molecule has 0 amide bonds. The Kier molecular flexibility index (Phi) is 3.65. The van der Waals surface area contributed by atoms with Crippen molar-refractivity contribution in [2.75, 3.05) is 0 Å². The highest BCUT2D eigenvalue weighted by atomic mass is 35.5. The maximum Gasteiger partial charge on any atom is 0.417 e. The van der Waals surface area contributed by atoms with Crippen LogP contribution >= 0.6 is 23.4 Å². The Labute approximate surface area is 143 Å². The summed E-state index contributed by atoms with van der Waals surface area (Å²) in [7, 11) is 0. The van der Waals surface area contributed by atoms with Gasteiger partial charge in [0.25, 0.3) is 0 Å². The van der Waals surface area contributed by atoms with E-state index in [0.29, 0.717) is 27.6 Å². The monoisotopic (exact) mass is 371 g/mol. The minimum absolute atomic E-state index is 0.285. The first-order chi connectivity index (χ1) is 11.4. The van der Waals surface area contributed by atoms with Crippen molar-refractivity contribution in [1.29, 1.82) is 0 Å². The fourth-order valence-corrected chi connectivity index (χ4v) is 3.27. The number of nitrogens with zero attached hydrogens (tertiary/aromatic N) is 5. The lowest BCUT2D eigenvalue weighted by molar-refractivity contribution is -0.137. The second-order valence-corrected chi connectivity index (χ2v) is 6.76. The van der Waals surface area contributed by atoms with Crippen molar-refractivity contribution in [2.24, 2.45) is 0 Å². The van der Waals surface area contributed by atoms with E-state index in [0.717, 1.165) is 36.9 Å². The molecule has 124 valence electrons. The Hall–Kier alpha value is -1.87. The Morgan fingerprint density at radius 3 is 2.67 bits per heavy atom. The Morgan fingerprint density at radius 2 is 1.96 bits per heavy atom. The molecule has 1 fully saturated rings. The van der Waals surface area contributed by atoms with Gasteiger partial charge < -0.3 is 0 Å². The van der Waals surface area contributed by atoms with E-state index in [2.05, 4.69) is 20.2 Å². The molecule has 0 unspecified atom stereocenters. The maximum atomic E-state index is 12.9. The largest absolute Gasteiger partial charge is 0.417 e. The number of fused-ring (bicyclic) bond motifs is 1. The Balaban J connectivity index is 1.72. The second kappa shape index (κ2) is 5.59. The lowest BCUT2D eigenvalue weighted by Gasteiger charge is -2.07. The van der Waals surface area contributed by atoms with E-state index in [-0.39, 0.29) is 5.16 Å². The van der Waals surface area contributed by atoms with E-state index < -0.39 is 11.7 Å². The summed E-state index contributed by atoms with van der Waals surface area (Å²) in [6, 6.07) is 3.82. The predicted molar refractivity (Wildman–Crippen MR) is 81.1 cm³/mol. The molecule has 0 bridgehead atoms. The summed E-state index contributed by atoms with van der Waals surface area (Å²) < 4.78 is 39.9. The maximum absolute atomic E-state index is 12.9. The van der Waals surface area contributed by atoms with E-state index >= 15 is 0 Å². The van der Waals surface area contributed by atoms with E-state index in [9.17, 15) is 13.2 Å². The van der Waals surface area contributed by atoms with Crippen molar-refractivity contribution < 1.29 is 13.2 Å². The van der Waals surface area contributed by atoms with Gasteiger partial charge >= 0.3 is 6.18 Å². The van der Waals surface area contributed by atoms with Gasteiger partial charge in [-0.3, -0.25) is 4.40 Å². The van der Waals surface area contributed by atoms with Gasteiger partial charge in [0.2, 0.25) is 5.16 Å². The molecule has 0 N–H and O–H groups in total. The zero-order valence-electron chi connectivity index (χ0n) is 12.0. The van der Waals surface area contributed by atoms with E-state index in [1.54, 1.807) is 6.07 Å². The van der Waals surface area contributed by atoms with Crippen LogP contribution in [0.3, 0.4) is 0 Å². The van der Waals surface area contributed by atoms with Gasteiger partial charge in [0.15, 0.2) is 5.65 Å². The van der Waals surface area contributed by atoms with E-state index in [1.165, 1.54) is 10.5 Å². The first-order valence-electron chi connectivity index (χ1n) is 7.04. The quantitative estimate of drug-likeness (QED) is 0.645. The molecule has 3 heterocycles. The lowest BCUT2D eigenvalue weighted by Crippen LogP contribution is -2.06. The molecule has 1 saturated carbocycles. The minimum atomic E-state index is -4.43. The highest BCUT2D eigenvalue weighted by Crippen LogP contribution is 2.39. The van der Waals surface area contributed by atoms with Crippen molar-refractivity contribution in [3.63, 3.8) is 0 Å². The number of alkyl halides is 3. The highest BCUT2D eigenvalue weighted by molar-refractivity contribution is 7.99. The zero-order valence-corrected chi connectivity index (χ0v) is 13.5. The fourth-order valence-electron chi connectivity index (χ4n) is 2.19. The number of rotatable bonds is 3. The van der Waals surface area contributed by atoms with Crippen molar-refractivity contribution in [3.05, 3.63) is 40.9 Å². The predicted octanol–water partition coefficient (Wildman–Crippen LogP) is 4.22. The van der Waals surface area contributed by atoms with E-state index in [4.69, 9.17) is 11.6 Å². The minimum Gasteiger partial charge on any atom is -0.277 e. The average molecular weight is 372 g/mol. The molecule has 0 aliphatic heterocycles. The number of pyridine rings is 1. The van der Waals surface area contributed by atoms with Crippen LogP contribution in [-0.4, -0.2) is 24.6 Å². The average Bonchev–Trinajstić information content (AvgIpc) is 3.29. The van der Waals surface area contributed by atoms with Crippen LogP contribution in [0.1, 0.15) is 30.1 Å². The third kappa shape index (κ3) is 3.05. The third-order valence-corrected chi connectivity index (χ3v) is 4.60. The molecule has 0 radical (unpaired) electrons. The number of hydrogen-bond donors (Lipinski definition) is 0. The molecule has 0 saturated heterocycles. The van der Waals surface area contributed by atoms with Crippen molar-refractivity contribution in [1.82, 2.24) is 24.6 Å². The molecule has 24 heavy (non-hydrogen) atoms. The van der Waals surface area contributed by atoms with Gasteiger partial charge in [0.1, 0.15) is 16.0 Å². The van der Waals surface area contributed by atoms with Gasteiger partial charge in [0.05, 0.1) is 5.56 Å². The summed E-state index contributed by atoms with van der Waals surface area (Å²) in [5.74, 6) is 0.977. The summed E-state index contributed by atoms with van der Waals surface area (Å²) in [5.41, 5.74) is -0.441. The van der Waals surface area contributed by atoms with Gasteiger partial charge in [0, 0.05) is 18.2 Å². The van der Waals surface area contributed by atoms with Crippen LogP contribution in [0.4, 0.5) is 13.2 Å². The molecule has 0 spiro atoms. The molecule has 1 aliphatic rings. The molecule has 4 rings (SSSR count). The number of hydrogen-bond acceptors (Lipinski definition) is 5. The molecule has 3 aromatic rings. The van der Waals surface area contributed by atoms with Crippen molar-refractivity contribution in [3.8, 4) is 0 Å². The van der Waals surface area contributed by atoms with Gasteiger partial charge in [-0.05, 0) is 36.7 Å². The molecule has 5 nitrogen and oxygen atoms in total. The summed E-state index contributed by atoms with van der Waals surface area (Å²) in [6.45, 7) is 0. The first-order valence-corrected chi connectivity index (χ1v) is 8.24. The number of halogens is 4. The molecular formula is C14H9ClF3N5S. The van der Waals surface area contributed by atoms with E-state index in [1.807, 2.05) is 0 Å².